The summed E-state index contributed by atoms with van der Waals surface area (Å²) in [5.74, 6) is -0.227. The summed E-state index contributed by atoms with van der Waals surface area (Å²) in [5, 5.41) is 30.0. The van der Waals surface area contributed by atoms with E-state index in [-0.39, 0.29) is 17.1 Å². The van der Waals surface area contributed by atoms with E-state index in [1.165, 1.54) is 24.7 Å². The lowest BCUT2D eigenvalue weighted by Gasteiger charge is -2.27. The number of rotatable bonds is 5. The Bertz CT molecular complexity index is 952. The summed E-state index contributed by atoms with van der Waals surface area (Å²) in [4.78, 5) is 41.4. The Morgan fingerprint density at radius 1 is 1.37 bits per heavy atom. The number of H-pyrrole nitrogens is 1. The zero-order valence-electron chi connectivity index (χ0n) is 14.3. The standard InChI is InChI=1S/C13H20N5O8P/c1-13(2,27(23,24)25)17-12-15-9-6(10(22)16-12)14-4-18(9)11-8(21)7(20)5(3-19)26-11/h4-5,7-8,11,19-21H,3H2,1-2H3,(H2,23,24,25)(H2,15,16,17,22)/t5-,7+,8+,11+/m0/s1. The van der Waals surface area contributed by atoms with Gasteiger partial charge in [0.2, 0.25) is 5.95 Å². The van der Waals surface area contributed by atoms with Gasteiger partial charge in [-0.15, -0.1) is 0 Å². The zero-order valence-corrected chi connectivity index (χ0v) is 15.2. The van der Waals surface area contributed by atoms with Gasteiger partial charge in [-0.2, -0.15) is 4.98 Å². The summed E-state index contributed by atoms with van der Waals surface area (Å²) in [5.41, 5.74) is -0.834. The van der Waals surface area contributed by atoms with Gasteiger partial charge in [0.1, 0.15) is 23.6 Å². The van der Waals surface area contributed by atoms with Gasteiger partial charge in [0, 0.05) is 0 Å². The Morgan fingerprint density at radius 3 is 2.59 bits per heavy atom. The Hall–Kier alpha value is -1.86. The summed E-state index contributed by atoms with van der Waals surface area (Å²) in [7, 11) is -4.58. The molecule has 27 heavy (non-hydrogen) atoms. The van der Waals surface area contributed by atoms with E-state index in [1.807, 2.05) is 0 Å². The fraction of sp³-hybridized carbons (Fsp3) is 0.615. The number of hydrogen-bond donors (Lipinski definition) is 7. The van der Waals surface area contributed by atoms with Crippen LogP contribution in [0.1, 0.15) is 20.1 Å². The van der Waals surface area contributed by atoms with Gasteiger partial charge in [-0.3, -0.25) is 18.9 Å². The van der Waals surface area contributed by atoms with Crippen LogP contribution in [0.3, 0.4) is 0 Å². The number of aromatic amines is 1. The van der Waals surface area contributed by atoms with E-state index in [1.54, 1.807) is 0 Å². The summed E-state index contributed by atoms with van der Waals surface area (Å²) >= 11 is 0. The van der Waals surface area contributed by atoms with Gasteiger partial charge >= 0.3 is 7.60 Å². The molecule has 150 valence electrons. The van der Waals surface area contributed by atoms with E-state index in [0.29, 0.717) is 0 Å². The van der Waals surface area contributed by atoms with E-state index < -0.39 is 49.6 Å². The minimum absolute atomic E-state index is 0.0439. The fourth-order valence-electron chi connectivity index (χ4n) is 2.64. The Balaban J connectivity index is 2.04. The third-order valence-electron chi connectivity index (χ3n) is 4.38. The molecule has 13 nitrogen and oxygen atoms in total. The molecule has 0 unspecified atom stereocenters. The molecule has 0 saturated carbocycles. The van der Waals surface area contributed by atoms with Crippen LogP contribution in [0.15, 0.2) is 11.1 Å². The van der Waals surface area contributed by atoms with Gasteiger partial charge < -0.3 is 35.2 Å². The van der Waals surface area contributed by atoms with E-state index in [0.717, 1.165) is 0 Å². The number of imidazole rings is 1. The maximum absolute atomic E-state index is 12.2. The van der Waals surface area contributed by atoms with E-state index in [2.05, 4.69) is 20.3 Å². The van der Waals surface area contributed by atoms with Crippen LogP contribution < -0.4 is 10.9 Å². The Morgan fingerprint density at radius 2 is 2.04 bits per heavy atom. The number of aliphatic hydroxyl groups is 3. The largest absolute Gasteiger partial charge is 0.394 e. The molecule has 2 aromatic rings. The van der Waals surface area contributed by atoms with Crippen molar-refractivity contribution in [3.8, 4) is 0 Å². The maximum Gasteiger partial charge on any atom is 0.350 e. The molecular formula is C13H20N5O8P. The molecule has 1 saturated heterocycles. The molecule has 3 rings (SSSR count). The lowest BCUT2D eigenvalue weighted by atomic mass is 10.1. The first-order valence-corrected chi connectivity index (χ1v) is 9.50. The number of anilines is 1. The molecule has 1 fully saturated rings. The monoisotopic (exact) mass is 405 g/mol. The fourth-order valence-corrected chi connectivity index (χ4v) is 2.90. The van der Waals surface area contributed by atoms with Crippen LogP contribution in [-0.2, 0) is 9.30 Å². The van der Waals surface area contributed by atoms with Crippen molar-refractivity contribution < 1.29 is 34.4 Å². The molecule has 4 atom stereocenters. The van der Waals surface area contributed by atoms with Gasteiger partial charge in [0.15, 0.2) is 17.4 Å². The smallest absolute Gasteiger partial charge is 0.350 e. The van der Waals surface area contributed by atoms with Crippen LogP contribution in [0, 0.1) is 0 Å². The first kappa shape index (κ1) is 19.9. The van der Waals surface area contributed by atoms with Crippen molar-refractivity contribution in [3.05, 3.63) is 16.7 Å². The Labute approximate surface area is 151 Å². The highest BCUT2D eigenvalue weighted by atomic mass is 31.2. The molecule has 0 amide bonds. The van der Waals surface area contributed by atoms with Crippen molar-refractivity contribution in [2.24, 2.45) is 0 Å². The second-order valence-corrected chi connectivity index (χ2v) is 8.90. The minimum Gasteiger partial charge on any atom is -0.394 e. The number of fused-ring (bicyclic) bond motifs is 1. The predicted molar refractivity (Wildman–Crippen MR) is 90.9 cm³/mol. The molecule has 1 aliphatic heterocycles. The number of nitrogens with zero attached hydrogens (tertiary/aromatic N) is 3. The first-order valence-electron chi connectivity index (χ1n) is 7.89. The second-order valence-electron chi connectivity index (χ2n) is 6.70. The van der Waals surface area contributed by atoms with Gasteiger partial charge in [0.25, 0.3) is 5.56 Å². The van der Waals surface area contributed by atoms with Crippen molar-refractivity contribution in [3.63, 3.8) is 0 Å². The highest BCUT2D eigenvalue weighted by Gasteiger charge is 2.44. The third-order valence-corrected chi connectivity index (χ3v) is 5.94. The maximum atomic E-state index is 12.2. The molecular weight excluding hydrogens is 385 g/mol. The van der Waals surface area contributed by atoms with Crippen LogP contribution in [0.2, 0.25) is 0 Å². The molecule has 0 aliphatic carbocycles. The van der Waals surface area contributed by atoms with Crippen molar-refractivity contribution >= 4 is 24.7 Å². The molecule has 0 spiro atoms. The highest BCUT2D eigenvalue weighted by molar-refractivity contribution is 7.53. The van der Waals surface area contributed by atoms with Crippen molar-refractivity contribution in [1.29, 1.82) is 0 Å². The minimum atomic E-state index is -4.58. The summed E-state index contributed by atoms with van der Waals surface area (Å²) in [6, 6.07) is 0. The van der Waals surface area contributed by atoms with Crippen molar-refractivity contribution in [2.75, 3.05) is 11.9 Å². The van der Waals surface area contributed by atoms with Crippen LogP contribution >= 0.6 is 7.60 Å². The molecule has 0 radical (unpaired) electrons. The van der Waals surface area contributed by atoms with Crippen LogP contribution in [0.5, 0.6) is 0 Å². The topological polar surface area (TPSA) is 203 Å². The lowest BCUT2D eigenvalue weighted by Crippen LogP contribution is -2.33. The predicted octanol–water partition coefficient (Wildman–Crippen LogP) is -1.94. The number of aromatic nitrogens is 4. The molecule has 14 heteroatoms. The average Bonchev–Trinajstić information content (AvgIpc) is 3.08. The molecule has 0 aromatic carbocycles. The first-order chi connectivity index (χ1) is 12.5. The number of nitrogens with one attached hydrogen (secondary N) is 2. The zero-order chi connectivity index (χ0) is 20.1. The number of hydrogen-bond acceptors (Lipinski definition) is 9. The van der Waals surface area contributed by atoms with Crippen LogP contribution in [0.25, 0.3) is 11.2 Å². The SMILES string of the molecule is CC(C)(Nc1nc2c(ncn2[C@@H]2O[C@@H](CO)[C@@H](O)[C@H]2O)c(=O)[nH]1)P(=O)(O)O. The van der Waals surface area contributed by atoms with E-state index >= 15 is 0 Å². The van der Waals surface area contributed by atoms with Gasteiger partial charge in [-0.25, -0.2) is 4.98 Å². The van der Waals surface area contributed by atoms with Crippen LogP contribution in [0.4, 0.5) is 5.95 Å². The highest BCUT2D eigenvalue weighted by Crippen LogP contribution is 2.49. The summed E-state index contributed by atoms with van der Waals surface area (Å²) in [6.07, 6.45) is -3.80. The quantitative estimate of drug-likeness (QED) is 0.273. The molecule has 7 N–H and O–H groups in total. The Kier molecular flexibility index (Phi) is 4.89. The normalized spacial score (nSPS) is 26.6. The summed E-state index contributed by atoms with van der Waals surface area (Å²) in [6.45, 7) is 1.95. The van der Waals surface area contributed by atoms with Crippen molar-refractivity contribution in [2.45, 2.75) is 43.7 Å². The van der Waals surface area contributed by atoms with Crippen LogP contribution in [-0.4, -0.2) is 74.8 Å². The average molecular weight is 405 g/mol. The third kappa shape index (κ3) is 3.38. The molecule has 2 aromatic heterocycles. The van der Waals surface area contributed by atoms with Crippen molar-refractivity contribution in [1.82, 2.24) is 19.5 Å². The van der Waals surface area contributed by atoms with E-state index in [9.17, 15) is 34.5 Å². The van der Waals surface area contributed by atoms with E-state index in [4.69, 9.17) is 4.74 Å². The molecule has 1 aliphatic rings. The van der Waals surface area contributed by atoms with Gasteiger partial charge in [-0.05, 0) is 13.8 Å². The lowest BCUT2D eigenvalue weighted by molar-refractivity contribution is -0.0511. The molecule has 0 bridgehead atoms. The molecule has 3 heterocycles. The van der Waals surface area contributed by atoms with Gasteiger partial charge in [-0.1, -0.05) is 0 Å². The second kappa shape index (κ2) is 6.63. The summed E-state index contributed by atoms with van der Waals surface area (Å²) < 4.78 is 18.2. The number of aliphatic hydroxyl groups excluding tert-OH is 3. The number of ether oxygens (including phenoxy) is 1. The van der Waals surface area contributed by atoms with Gasteiger partial charge in [0.05, 0.1) is 12.9 Å².